The Labute approximate surface area is 140 Å². The zero-order valence-electron chi connectivity index (χ0n) is 12.1. The topological polar surface area (TPSA) is 75.8 Å². The number of pyridine rings is 1. The molecule has 3 aromatic rings. The summed E-state index contributed by atoms with van der Waals surface area (Å²) in [5, 5.41) is 3.69. The van der Waals surface area contributed by atoms with E-state index in [1.54, 1.807) is 24.4 Å². The van der Waals surface area contributed by atoms with Gasteiger partial charge in [0.25, 0.3) is 11.5 Å². The normalized spacial score (nSPS) is 11.1. The average Bonchev–Trinajstić information content (AvgIpc) is 2.58. The van der Waals surface area contributed by atoms with Crippen molar-refractivity contribution in [2.24, 2.45) is 5.10 Å². The fraction of sp³-hybridized carbons (Fsp3) is 0. The lowest BCUT2D eigenvalue weighted by molar-refractivity contribution is 0.0955. The first kappa shape index (κ1) is 15.8. The van der Waals surface area contributed by atoms with Crippen molar-refractivity contribution >= 4 is 29.4 Å². The predicted octanol–water partition coefficient (Wildman–Crippen LogP) is 2.25. The molecule has 0 saturated carbocycles. The molecule has 8 heteroatoms. The quantitative estimate of drug-likeness (QED) is 0.450. The molecule has 0 spiro atoms. The van der Waals surface area contributed by atoms with Gasteiger partial charge in [0.15, 0.2) is 0 Å². The second kappa shape index (κ2) is 6.59. The molecule has 2 heterocycles. The molecule has 1 N–H and O–H groups in total. The molecule has 0 radical (unpaired) electrons. The number of amides is 1. The maximum atomic E-state index is 12.8. The first-order valence-corrected chi connectivity index (χ1v) is 7.20. The van der Waals surface area contributed by atoms with Crippen LogP contribution in [0.3, 0.4) is 0 Å². The number of aromatic nitrogens is 2. The molecular formula is C16H10ClFN4O2. The van der Waals surface area contributed by atoms with Gasteiger partial charge >= 0.3 is 0 Å². The molecule has 1 amide bonds. The van der Waals surface area contributed by atoms with Crippen molar-refractivity contribution in [3.8, 4) is 0 Å². The van der Waals surface area contributed by atoms with Crippen molar-refractivity contribution in [3.05, 3.63) is 81.1 Å². The van der Waals surface area contributed by atoms with Gasteiger partial charge in [-0.1, -0.05) is 17.7 Å². The SMILES string of the molecule is O=C(N/N=C/c1c(Cl)nc2ccccn2c1=O)c1ccc(F)cc1. The number of benzene rings is 1. The van der Waals surface area contributed by atoms with Crippen molar-refractivity contribution in [2.75, 3.05) is 0 Å². The van der Waals surface area contributed by atoms with Crippen LogP contribution in [-0.2, 0) is 0 Å². The average molecular weight is 345 g/mol. The number of halogens is 2. The second-order valence-corrected chi connectivity index (χ2v) is 5.11. The third-order valence-electron chi connectivity index (χ3n) is 3.19. The van der Waals surface area contributed by atoms with Crippen molar-refractivity contribution in [1.29, 1.82) is 0 Å². The lowest BCUT2D eigenvalue weighted by Gasteiger charge is -2.03. The molecule has 3 rings (SSSR count). The Morgan fingerprint density at radius 2 is 2.00 bits per heavy atom. The van der Waals surface area contributed by atoms with E-state index in [1.165, 1.54) is 16.5 Å². The zero-order valence-corrected chi connectivity index (χ0v) is 12.9. The molecular weight excluding hydrogens is 335 g/mol. The summed E-state index contributed by atoms with van der Waals surface area (Å²) in [5.41, 5.74) is 2.51. The van der Waals surface area contributed by atoms with E-state index in [0.717, 1.165) is 18.3 Å². The minimum atomic E-state index is -0.545. The van der Waals surface area contributed by atoms with E-state index in [9.17, 15) is 14.0 Å². The molecule has 0 aliphatic rings. The van der Waals surface area contributed by atoms with E-state index in [-0.39, 0.29) is 16.3 Å². The van der Waals surface area contributed by atoms with Crippen LogP contribution in [0.25, 0.3) is 5.65 Å². The van der Waals surface area contributed by atoms with Crippen molar-refractivity contribution in [3.63, 3.8) is 0 Å². The zero-order chi connectivity index (χ0) is 17.1. The molecule has 0 saturated heterocycles. The van der Waals surface area contributed by atoms with Crippen LogP contribution in [0.5, 0.6) is 0 Å². The molecule has 1 aromatic carbocycles. The van der Waals surface area contributed by atoms with E-state index < -0.39 is 17.3 Å². The van der Waals surface area contributed by atoms with Crippen LogP contribution in [0, 0.1) is 5.82 Å². The first-order chi connectivity index (χ1) is 11.6. The standard InChI is InChI=1S/C16H10ClFN4O2/c17-14-12(16(24)22-8-2-1-3-13(22)20-14)9-19-21-15(23)10-4-6-11(18)7-5-10/h1-9H,(H,21,23)/b19-9+. The summed E-state index contributed by atoms with van der Waals surface area (Å²) < 4.78 is 14.1. The highest BCUT2D eigenvalue weighted by molar-refractivity contribution is 6.32. The lowest BCUT2D eigenvalue weighted by Crippen LogP contribution is -2.22. The predicted molar refractivity (Wildman–Crippen MR) is 87.9 cm³/mol. The van der Waals surface area contributed by atoms with Crippen LogP contribution in [-0.4, -0.2) is 21.5 Å². The van der Waals surface area contributed by atoms with Gasteiger partial charge < -0.3 is 0 Å². The first-order valence-electron chi connectivity index (χ1n) is 6.82. The summed E-state index contributed by atoms with van der Waals surface area (Å²) >= 11 is 5.99. The molecule has 0 bridgehead atoms. The maximum Gasteiger partial charge on any atom is 0.271 e. The highest BCUT2D eigenvalue weighted by atomic mass is 35.5. The molecule has 2 aromatic heterocycles. The number of hydrogen-bond donors (Lipinski definition) is 1. The number of rotatable bonds is 3. The molecule has 0 atom stereocenters. The van der Waals surface area contributed by atoms with Gasteiger partial charge in [-0.3, -0.25) is 14.0 Å². The monoisotopic (exact) mass is 344 g/mol. The number of fused-ring (bicyclic) bond motifs is 1. The van der Waals surface area contributed by atoms with Gasteiger partial charge in [-0.15, -0.1) is 0 Å². The molecule has 0 unspecified atom stereocenters. The van der Waals surface area contributed by atoms with Crippen LogP contribution < -0.4 is 11.0 Å². The summed E-state index contributed by atoms with van der Waals surface area (Å²) in [6, 6.07) is 10.0. The summed E-state index contributed by atoms with van der Waals surface area (Å²) in [6.45, 7) is 0. The van der Waals surface area contributed by atoms with Gasteiger partial charge in [-0.25, -0.2) is 14.8 Å². The van der Waals surface area contributed by atoms with Crippen LogP contribution >= 0.6 is 11.6 Å². The minimum Gasteiger partial charge on any atom is -0.268 e. The third kappa shape index (κ3) is 3.16. The number of carbonyl (C=O) groups excluding carboxylic acids is 1. The molecule has 0 fully saturated rings. The Morgan fingerprint density at radius 3 is 2.75 bits per heavy atom. The van der Waals surface area contributed by atoms with Crippen LogP contribution in [0.1, 0.15) is 15.9 Å². The van der Waals surface area contributed by atoms with Gasteiger partial charge in [0.1, 0.15) is 16.6 Å². The van der Waals surface area contributed by atoms with Crippen molar-refractivity contribution < 1.29 is 9.18 Å². The highest BCUT2D eigenvalue weighted by Gasteiger charge is 2.09. The van der Waals surface area contributed by atoms with Crippen molar-refractivity contribution in [1.82, 2.24) is 14.8 Å². The fourth-order valence-corrected chi connectivity index (χ4v) is 2.22. The molecule has 0 aliphatic carbocycles. The smallest absolute Gasteiger partial charge is 0.268 e. The molecule has 120 valence electrons. The summed E-state index contributed by atoms with van der Waals surface area (Å²) in [6.07, 6.45) is 2.67. The number of nitrogens with one attached hydrogen (secondary N) is 1. The van der Waals surface area contributed by atoms with Gasteiger partial charge in [-0.05, 0) is 36.4 Å². The number of hydrazone groups is 1. The van der Waals surface area contributed by atoms with E-state index in [0.29, 0.717) is 5.65 Å². The Balaban J connectivity index is 1.84. The summed E-state index contributed by atoms with van der Waals surface area (Å²) in [4.78, 5) is 28.3. The van der Waals surface area contributed by atoms with Crippen LogP contribution in [0.2, 0.25) is 5.15 Å². The van der Waals surface area contributed by atoms with Gasteiger partial charge in [-0.2, -0.15) is 5.10 Å². The van der Waals surface area contributed by atoms with E-state index >= 15 is 0 Å². The van der Waals surface area contributed by atoms with E-state index in [4.69, 9.17) is 11.6 Å². The molecule has 0 aliphatic heterocycles. The van der Waals surface area contributed by atoms with Gasteiger partial charge in [0.2, 0.25) is 0 Å². The fourth-order valence-electron chi connectivity index (χ4n) is 2.01. The Hall–Kier alpha value is -3.06. The largest absolute Gasteiger partial charge is 0.271 e. The summed E-state index contributed by atoms with van der Waals surface area (Å²) in [7, 11) is 0. The molecule has 24 heavy (non-hydrogen) atoms. The van der Waals surface area contributed by atoms with Gasteiger partial charge in [0, 0.05) is 11.8 Å². The van der Waals surface area contributed by atoms with Gasteiger partial charge in [0.05, 0.1) is 11.8 Å². The number of nitrogens with zero attached hydrogens (tertiary/aromatic N) is 3. The van der Waals surface area contributed by atoms with Crippen LogP contribution in [0.15, 0.2) is 58.6 Å². The van der Waals surface area contributed by atoms with E-state index in [1.807, 2.05) is 0 Å². The summed E-state index contributed by atoms with van der Waals surface area (Å²) in [5.74, 6) is -0.992. The van der Waals surface area contributed by atoms with Crippen molar-refractivity contribution in [2.45, 2.75) is 0 Å². The number of hydrogen-bond acceptors (Lipinski definition) is 4. The number of carbonyl (C=O) groups is 1. The van der Waals surface area contributed by atoms with E-state index in [2.05, 4.69) is 15.5 Å². The maximum absolute atomic E-state index is 12.8. The van der Waals surface area contributed by atoms with Crippen LogP contribution in [0.4, 0.5) is 4.39 Å². The third-order valence-corrected chi connectivity index (χ3v) is 3.48. The Bertz CT molecular complexity index is 999. The minimum absolute atomic E-state index is 0.0222. The Kier molecular flexibility index (Phi) is 4.35. The second-order valence-electron chi connectivity index (χ2n) is 4.76. The molecule has 6 nitrogen and oxygen atoms in total. The Morgan fingerprint density at radius 1 is 1.25 bits per heavy atom. The lowest BCUT2D eigenvalue weighted by atomic mass is 10.2. The highest BCUT2D eigenvalue weighted by Crippen LogP contribution is 2.08.